The second kappa shape index (κ2) is 10.3. The molecule has 0 aromatic heterocycles. The summed E-state index contributed by atoms with van der Waals surface area (Å²) < 4.78 is 18.8. The highest BCUT2D eigenvalue weighted by molar-refractivity contribution is 5.80. The van der Waals surface area contributed by atoms with Crippen molar-refractivity contribution < 1.29 is 19.0 Å². The van der Waals surface area contributed by atoms with Gasteiger partial charge in [-0.1, -0.05) is 6.07 Å². The molecule has 0 aliphatic rings. The van der Waals surface area contributed by atoms with E-state index in [2.05, 4.69) is 20.9 Å². The summed E-state index contributed by atoms with van der Waals surface area (Å²) in [5.41, 5.74) is -0.104. The van der Waals surface area contributed by atoms with E-state index in [0.717, 1.165) is 5.56 Å². The monoisotopic (exact) mass is 396 g/mol. The minimum absolute atomic E-state index is 0.244. The Morgan fingerprint density at radius 3 is 2.46 bits per heavy atom. The molecule has 1 rings (SSSR count). The fourth-order valence-corrected chi connectivity index (χ4v) is 2.29. The number of hydrogen-bond acceptors (Lipinski definition) is 4. The highest BCUT2D eigenvalue weighted by Crippen LogP contribution is 2.12. The Balaban J connectivity index is 2.70. The lowest BCUT2D eigenvalue weighted by Gasteiger charge is -2.29. The molecule has 0 radical (unpaired) electrons. The summed E-state index contributed by atoms with van der Waals surface area (Å²) in [5.74, 6) is 0.131. The summed E-state index contributed by atoms with van der Waals surface area (Å²) in [7, 11) is 0. The molecular formula is C20H33FN4O3. The first-order chi connectivity index (χ1) is 13.0. The molecule has 158 valence electrons. The van der Waals surface area contributed by atoms with Crippen LogP contribution in [0.15, 0.2) is 23.2 Å². The molecule has 8 heteroatoms. The number of aliphatic hydroxyl groups excluding tert-OH is 1. The number of hydrogen-bond donors (Lipinski definition) is 4. The van der Waals surface area contributed by atoms with Crippen molar-refractivity contribution in [3.05, 3.63) is 35.1 Å². The van der Waals surface area contributed by atoms with E-state index in [1.165, 1.54) is 6.07 Å². The molecule has 0 saturated heterocycles. The number of carbonyl (C=O) groups excluding carboxylic acids is 1. The van der Waals surface area contributed by atoms with Crippen molar-refractivity contribution in [1.29, 1.82) is 0 Å². The topological polar surface area (TPSA) is 95.0 Å². The Labute approximate surface area is 166 Å². The number of nitrogens with zero attached hydrogens (tertiary/aromatic N) is 1. The van der Waals surface area contributed by atoms with Gasteiger partial charge in [0, 0.05) is 18.7 Å². The van der Waals surface area contributed by atoms with Crippen LogP contribution < -0.4 is 16.0 Å². The van der Waals surface area contributed by atoms with E-state index in [-0.39, 0.29) is 12.2 Å². The molecule has 7 nitrogen and oxygen atoms in total. The average Bonchev–Trinajstić information content (AvgIpc) is 2.56. The third kappa shape index (κ3) is 9.03. The Bertz CT molecular complexity index is 685. The molecule has 1 amide bonds. The Kier molecular flexibility index (Phi) is 8.68. The zero-order valence-electron chi connectivity index (χ0n) is 17.6. The second-order valence-electron chi connectivity index (χ2n) is 8.14. The van der Waals surface area contributed by atoms with E-state index in [4.69, 9.17) is 4.74 Å². The van der Waals surface area contributed by atoms with Crippen molar-refractivity contribution in [2.24, 2.45) is 4.99 Å². The van der Waals surface area contributed by atoms with Crippen LogP contribution in [0.2, 0.25) is 0 Å². The summed E-state index contributed by atoms with van der Waals surface area (Å²) in [6, 6.07) is 4.55. The van der Waals surface area contributed by atoms with Gasteiger partial charge in [-0.3, -0.25) is 0 Å². The molecule has 1 aromatic carbocycles. The standard InChI is InChI=1S/C20H33FN4O3/c1-7-22-17(23-11-14-8-9-16(21)15(10-14)12-26)24-13-20(5,6)25-18(27)28-19(2,3)4/h8-10,26H,7,11-13H2,1-6H3,(H,25,27)(H2,22,23,24). The Morgan fingerprint density at radius 1 is 1.21 bits per heavy atom. The highest BCUT2D eigenvalue weighted by Gasteiger charge is 2.24. The first-order valence-corrected chi connectivity index (χ1v) is 9.37. The third-order valence-corrected chi connectivity index (χ3v) is 3.58. The minimum Gasteiger partial charge on any atom is -0.444 e. The van der Waals surface area contributed by atoms with Gasteiger partial charge in [0.2, 0.25) is 0 Å². The van der Waals surface area contributed by atoms with Gasteiger partial charge >= 0.3 is 6.09 Å². The van der Waals surface area contributed by atoms with Crippen molar-refractivity contribution in [3.8, 4) is 0 Å². The zero-order valence-corrected chi connectivity index (χ0v) is 17.6. The SMILES string of the molecule is CCNC(=NCc1ccc(F)c(CO)c1)NCC(C)(C)NC(=O)OC(C)(C)C. The van der Waals surface area contributed by atoms with Crippen LogP contribution in [0.1, 0.15) is 52.7 Å². The van der Waals surface area contributed by atoms with Crippen LogP contribution in [0.5, 0.6) is 0 Å². The maximum atomic E-state index is 13.5. The number of ether oxygens (including phenoxy) is 1. The van der Waals surface area contributed by atoms with Crippen molar-refractivity contribution in [2.45, 2.75) is 65.8 Å². The number of carbonyl (C=O) groups is 1. The van der Waals surface area contributed by atoms with Crippen molar-refractivity contribution in [1.82, 2.24) is 16.0 Å². The van der Waals surface area contributed by atoms with E-state index in [0.29, 0.717) is 25.6 Å². The second-order valence-corrected chi connectivity index (χ2v) is 8.14. The van der Waals surface area contributed by atoms with Crippen LogP contribution in [0, 0.1) is 5.82 Å². The van der Waals surface area contributed by atoms with Crippen LogP contribution in [-0.4, -0.2) is 41.4 Å². The highest BCUT2D eigenvalue weighted by atomic mass is 19.1. The average molecular weight is 397 g/mol. The number of amides is 1. The first kappa shape index (κ1) is 23.7. The van der Waals surface area contributed by atoms with Gasteiger partial charge in [-0.05, 0) is 59.2 Å². The predicted octanol–water partition coefficient (Wildman–Crippen LogP) is 2.68. The van der Waals surface area contributed by atoms with E-state index in [1.807, 2.05) is 41.5 Å². The molecule has 0 atom stereocenters. The molecule has 4 N–H and O–H groups in total. The molecule has 0 fully saturated rings. The Hall–Kier alpha value is -2.35. The summed E-state index contributed by atoms with van der Waals surface area (Å²) in [6.45, 7) is 12.2. The number of guanidine groups is 1. The van der Waals surface area contributed by atoms with Gasteiger partial charge in [-0.15, -0.1) is 0 Å². The van der Waals surface area contributed by atoms with Crippen LogP contribution in [-0.2, 0) is 17.9 Å². The predicted molar refractivity (Wildman–Crippen MR) is 109 cm³/mol. The summed E-state index contributed by atoms with van der Waals surface area (Å²) in [4.78, 5) is 16.5. The van der Waals surface area contributed by atoms with Crippen LogP contribution >= 0.6 is 0 Å². The van der Waals surface area contributed by atoms with Crippen LogP contribution in [0.4, 0.5) is 9.18 Å². The van der Waals surface area contributed by atoms with Gasteiger partial charge in [-0.25, -0.2) is 14.2 Å². The molecule has 28 heavy (non-hydrogen) atoms. The normalized spacial score (nSPS) is 12.5. The van der Waals surface area contributed by atoms with Gasteiger partial charge in [0.05, 0.1) is 18.7 Å². The summed E-state index contributed by atoms with van der Waals surface area (Å²) in [5, 5.41) is 18.3. The summed E-state index contributed by atoms with van der Waals surface area (Å²) >= 11 is 0. The van der Waals surface area contributed by atoms with Crippen molar-refractivity contribution in [3.63, 3.8) is 0 Å². The largest absolute Gasteiger partial charge is 0.444 e. The molecule has 1 aromatic rings. The third-order valence-electron chi connectivity index (χ3n) is 3.58. The molecule has 0 aliphatic carbocycles. The lowest BCUT2D eigenvalue weighted by molar-refractivity contribution is 0.0474. The van der Waals surface area contributed by atoms with E-state index >= 15 is 0 Å². The molecule has 0 aliphatic heterocycles. The van der Waals surface area contributed by atoms with E-state index in [9.17, 15) is 14.3 Å². The Morgan fingerprint density at radius 2 is 1.89 bits per heavy atom. The van der Waals surface area contributed by atoms with Gasteiger partial charge in [0.1, 0.15) is 11.4 Å². The quantitative estimate of drug-likeness (QED) is 0.420. The molecule has 0 bridgehead atoms. The molecule has 0 saturated carbocycles. The number of aliphatic imine (C=N–C) groups is 1. The summed E-state index contributed by atoms with van der Waals surface area (Å²) in [6.07, 6.45) is -0.482. The number of halogens is 1. The maximum Gasteiger partial charge on any atom is 0.408 e. The lowest BCUT2D eigenvalue weighted by atomic mass is 10.1. The molecule has 0 heterocycles. The minimum atomic E-state index is -0.571. The van der Waals surface area contributed by atoms with Crippen molar-refractivity contribution >= 4 is 12.1 Å². The van der Waals surface area contributed by atoms with E-state index < -0.39 is 23.1 Å². The van der Waals surface area contributed by atoms with Gasteiger partial charge < -0.3 is 25.8 Å². The number of benzene rings is 1. The fourth-order valence-electron chi connectivity index (χ4n) is 2.29. The van der Waals surface area contributed by atoms with Gasteiger partial charge in [0.15, 0.2) is 5.96 Å². The lowest BCUT2D eigenvalue weighted by Crippen LogP contribution is -2.54. The number of rotatable bonds is 7. The number of alkyl carbamates (subject to hydrolysis) is 1. The smallest absolute Gasteiger partial charge is 0.408 e. The number of aliphatic hydroxyl groups is 1. The molecular weight excluding hydrogens is 363 g/mol. The fraction of sp³-hybridized carbons (Fsp3) is 0.600. The van der Waals surface area contributed by atoms with E-state index in [1.54, 1.807) is 12.1 Å². The van der Waals surface area contributed by atoms with Crippen LogP contribution in [0.25, 0.3) is 0 Å². The molecule has 0 spiro atoms. The van der Waals surface area contributed by atoms with Crippen molar-refractivity contribution in [2.75, 3.05) is 13.1 Å². The maximum absolute atomic E-state index is 13.5. The zero-order chi connectivity index (χ0) is 21.4. The van der Waals surface area contributed by atoms with Gasteiger partial charge in [-0.2, -0.15) is 0 Å². The number of nitrogens with one attached hydrogen (secondary N) is 3. The molecule has 0 unspecified atom stereocenters. The van der Waals surface area contributed by atoms with Gasteiger partial charge in [0.25, 0.3) is 0 Å². The first-order valence-electron chi connectivity index (χ1n) is 9.37. The van der Waals surface area contributed by atoms with Crippen LogP contribution in [0.3, 0.4) is 0 Å².